The van der Waals surface area contributed by atoms with Crippen molar-refractivity contribution in [1.82, 2.24) is 0 Å². The maximum atomic E-state index is 14.0. The highest BCUT2D eigenvalue weighted by Gasteiger charge is 2.36. The minimum atomic E-state index is -0.941. The van der Waals surface area contributed by atoms with E-state index in [2.05, 4.69) is 0 Å². The van der Waals surface area contributed by atoms with E-state index < -0.39 is 17.7 Å². The lowest BCUT2D eigenvalue weighted by atomic mass is 9.76. The Morgan fingerprint density at radius 3 is 2.71 bits per heavy atom. The first-order chi connectivity index (χ1) is 10.0. The first-order valence-corrected chi connectivity index (χ1v) is 7.55. The number of benzene rings is 1. The third-order valence-electron chi connectivity index (χ3n) is 3.88. The van der Waals surface area contributed by atoms with Gasteiger partial charge in [-0.2, -0.15) is 0 Å². The van der Waals surface area contributed by atoms with Gasteiger partial charge in [-0.15, -0.1) is 0 Å². The molecule has 0 amide bonds. The van der Waals surface area contributed by atoms with Crippen LogP contribution >= 0.6 is 11.6 Å². The topological polar surface area (TPSA) is 43.4 Å². The average molecular weight is 313 g/mol. The van der Waals surface area contributed by atoms with Gasteiger partial charge in [0, 0.05) is 5.92 Å². The lowest BCUT2D eigenvalue weighted by Crippen LogP contribution is -2.36. The summed E-state index contributed by atoms with van der Waals surface area (Å²) in [6, 6.07) is 4.59. The number of carbonyl (C=O) groups is 2. The van der Waals surface area contributed by atoms with E-state index in [1.54, 1.807) is 19.1 Å². The zero-order chi connectivity index (χ0) is 15.4. The molecule has 0 spiro atoms. The Balaban J connectivity index is 2.20. The largest absolute Gasteiger partial charge is 0.465 e. The maximum Gasteiger partial charge on any atom is 0.316 e. The van der Waals surface area contributed by atoms with E-state index in [1.165, 1.54) is 6.07 Å². The number of Topliss-reactive ketones (excluding diaryl/α,β-unsaturated/α-hetero) is 1. The van der Waals surface area contributed by atoms with Crippen LogP contribution in [0.1, 0.15) is 31.7 Å². The molecule has 1 saturated carbocycles. The summed E-state index contributed by atoms with van der Waals surface area (Å²) in [5.74, 6) is -2.33. The fourth-order valence-corrected chi connectivity index (χ4v) is 2.64. The van der Waals surface area contributed by atoms with Gasteiger partial charge >= 0.3 is 5.97 Å². The fourth-order valence-electron chi connectivity index (χ4n) is 2.45. The van der Waals surface area contributed by atoms with Crippen LogP contribution in [0, 0.1) is 17.7 Å². The summed E-state index contributed by atoms with van der Waals surface area (Å²) in [6.07, 6.45) is 2.59. The molecule has 1 atom stereocenters. The number of hydrogen-bond acceptors (Lipinski definition) is 3. The van der Waals surface area contributed by atoms with Gasteiger partial charge in [-0.1, -0.05) is 30.2 Å². The summed E-state index contributed by atoms with van der Waals surface area (Å²) in [5.41, 5.74) is 0.272. The Morgan fingerprint density at radius 1 is 1.43 bits per heavy atom. The number of carbonyl (C=O) groups excluding carboxylic acids is 2. The van der Waals surface area contributed by atoms with Crippen molar-refractivity contribution in [1.29, 1.82) is 0 Å². The van der Waals surface area contributed by atoms with Crippen LogP contribution in [-0.2, 0) is 20.7 Å². The van der Waals surface area contributed by atoms with Crippen LogP contribution < -0.4 is 0 Å². The monoisotopic (exact) mass is 312 g/mol. The van der Waals surface area contributed by atoms with Gasteiger partial charge in [0.15, 0.2) is 5.78 Å². The van der Waals surface area contributed by atoms with Crippen LogP contribution in [0.5, 0.6) is 0 Å². The standard InChI is InChI=1S/C16H18ClFO3/c1-2-21-16(20)12(15(19)10-5-3-6-10)9-11-7-4-8-13(17)14(11)18/h4,7-8,10,12H,2-3,5-6,9H2,1H3. The van der Waals surface area contributed by atoms with E-state index in [0.717, 1.165) is 19.3 Å². The molecule has 1 aliphatic carbocycles. The van der Waals surface area contributed by atoms with E-state index in [4.69, 9.17) is 16.3 Å². The van der Waals surface area contributed by atoms with Gasteiger partial charge in [-0.05, 0) is 37.8 Å². The fraction of sp³-hybridized carbons (Fsp3) is 0.500. The highest BCUT2D eigenvalue weighted by atomic mass is 35.5. The Kier molecular flexibility index (Phi) is 5.34. The van der Waals surface area contributed by atoms with Gasteiger partial charge < -0.3 is 4.74 Å². The van der Waals surface area contributed by atoms with Crippen molar-refractivity contribution in [2.75, 3.05) is 6.61 Å². The second-order valence-electron chi connectivity index (χ2n) is 5.25. The van der Waals surface area contributed by atoms with E-state index >= 15 is 0 Å². The van der Waals surface area contributed by atoms with E-state index in [1.807, 2.05) is 0 Å². The van der Waals surface area contributed by atoms with Crippen LogP contribution in [0.2, 0.25) is 5.02 Å². The Morgan fingerprint density at radius 2 is 2.14 bits per heavy atom. The van der Waals surface area contributed by atoms with Gasteiger partial charge in [0.1, 0.15) is 11.7 Å². The maximum absolute atomic E-state index is 14.0. The molecule has 0 heterocycles. The predicted octanol–water partition coefficient (Wildman–Crippen LogP) is 3.57. The van der Waals surface area contributed by atoms with Crippen LogP contribution in [-0.4, -0.2) is 18.4 Å². The Hall–Kier alpha value is -1.42. The van der Waals surface area contributed by atoms with Gasteiger partial charge in [-0.25, -0.2) is 4.39 Å². The van der Waals surface area contributed by atoms with Gasteiger partial charge in [0.05, 0.1) is 11.6 Å². The highest BCUT2D eigenvalue weighted by Crippen LogP contribution is 2.31. The third kappa shape index (κ3) is 3.62. The lowest BCUT2D eigenvalue weighted by Gasteiger charge is -2.27. The molecule has 114 valence electrons. The van der Waals surface area contributed by atoms with Crippen LogP contribution in [0.4, 0.5) is 4.39 Å². The second-order valence-corrected chi connectivity index (χ2v) is 5.66. The summed E-state index contributed by atoms with van der Waals surface area (Å²) < 4.78 is 18.9. The molecule has 0 aromatic heterocycles. The third-order valence-corrected chi connectivity index (χ3v) is 4.17. The van der Waals surface area contributed by atoms with Crippen molar-refractivity contribution in [3.05, 3.63) is 34.6 Å². The first kappa shape index (κ1) is 16.0. The molecule has 0 aliphatic heterocycles. The van der Waals surface area contributed by atoms with E-state index in [9.17, 15) is 14.0 Å². The molecular formula is C16H18ClFO3. The molecule has 3 nitrogen and oxygen atoms in total. The summed E-state index contributed by atoms with van der Waals surface area (Å²) in [7, 11) is 0. The molecule has 1 aliphatic rings. The average Bonchev–Trinajstić information content (AvgIpc) is 2.38. The molecule has 0 N–H and O–H groups in total. The Bertz CT molecular complexity index is 540. The predicted molar refractivity (Wildman–Crippen MR) is 77.6 cm³/mol. The molecular weight excluding hydrogens is 295 g/mol. The quantitative estimate of drug-likeness (QED) is 0.596. The van der Waals surface area contributed by atoms with Crippen LogP contribution in [0.15, 0.2) is 18.2 Å². The minimum Gasteiger partial charge on any atom is -0.465 e. The van der Waals surface area contributed by atoms with Crippen molar-refractivity contribution in [2.45, 2.75) is 32.6 Å². The molecule has 1 fully saturated rings. The molecule has 2 rings (SSSR count). The SMILES string of the molecule is CCOC(=O)C(Cc1cccc(Cl)c1F)C(=O)C1CCC1. The van der Waals surface area contributed by atoms with E-state index in [0.29, 0.717) is 0 Å². The molecule has 21 heavy (non-hydrogen) atoms. The molecule has 5 heteroatoms. The van der Waals surface area contributed by atoms with Gasteiger partial charge in [-0.3, -0.25) is 9.59 Å². The number of ether oxygens (including phenoxy) is 1. The Labute approximate surface area is 128 Å². The molecule has 0 saturated heterocycles. The van der Waals surface area contributed by atoms with Crippen LogP contribution in [0.3, 0.4) is 0 Å². The lowest BCUT2D eigenvalue weighted by molar-refractivity contribution is -0.153. The zero-order valence-corrected chi connectivity index (χ0v) is 12.7. The smallest absolute Gasteiger partial charge is 0.316 e. The number of ketones is 1. The van der Waals surface area contributed by atoms with Crippen molar-refractivity contribution in [3.8, 4) is 0 Å². The molecule has 0 bridgehead atoms. The summed E-state index contributed by atoms with van der Waals surface area (Å²) in [5, 5.41) is -0.00815. The number of esters is 1. The number of rotatable bonds is 6. The zero-order valence-electron chi connectivity index (χ0n) is 11.9. The number of halogens is 2. The van der Waals surface area contributed by atoms with E-state index in [-0.39, 0.29) is 35.3 Å². The van der Waals surface area contributed by atoms with Crippen LogP contribution in [0.25, 0.3) is 0 Å². The van der Waals surface area contributed by atoms with Gasteiger partial charge in [0.2, 0.25) is 0 Å². The van der Waals surface area contributed by atoms with Crippen molar-refractivity contribution >= 4 is 23.4 Å². The van der Waals surface area contributed by atoms with Crippen molar-refractivity contribution in [2.24, 2.45) is 11.8 Å². The van der Waals surface area contributed by atoms with Crippen molar-refractivity contribution in [3.63, 3.8) is 0 Å². The molecule has 1 unspecified atom stereocenters. The minimum absolute atomic E-state index is 0.000556. The van der Waals surface area contributed by atoms with Crippen molar-refractivity contribution < 1.29 is 18.7 Å². The molecule has 1 aromatic rings. The number of hydrogen-bond donors (Lipinski definition) is 0. The second kappa shape index (κ2) is 7.03. The first-order valence-electron chi connectivity index (χ1n) is 7.17. The normalized spacial score (nSPS) is 16.1. The summed E-state index contributed by atoms with van der Waals surface area (Å²) in [4.78, 5) is 24.4. The summed E-state index contributed by atoms with van der Waals surface area (Å²) >= 11 is 5.74. The highest BCUT2D eigenvalue weighted by molar-refractivity contribution is 6.30. The van der Waals surface area contributed by atoms with Gasteiger partial charge in [0.25, 0.3) is 0 Å². The summed E-state index contributed by atoms with van der Waals surface area (Å²) in [6.45, 7) is 1.88. The molecule has 0 radical (unpaired) electrons. The molecule has 1 aromatic carbocycles.